The van der Waals surface area contributed by atoms with Gasteiger partial charge in [-0.1, -0.05) is 0 Å². The highest BCUT2D eigenvalue weighted by atomic mass is 16.5. The van der Waals surface area contributed by atoms with E-state index in [-0.39, 0.29) is 18.5 Å². The Kier molecular flexibility index (Phi) is 4.25. The van der Waals surface area contributed by atoms with Gasteiger partial charge >= 0.3 is 0 Å². The van der Waals surface area contributed by atoms with Gasteiger partial charge in [0, 0.05) is 20.1 Å². The fourth-order valence-electron chi connectivity index (χ4n) is 1.44. The minimum Gasteiger partial charge on any atom is -0.378 e. The molecule has 0 bridgehead atoms. The number of rotatable bonds is 4. The van der Waals surface area contributed by atoms with E-state index in [9.17, 15) is 4.79 Å². The van der Waals surface area contributed by atoms with E-state index in [1.54, 1.807) is 7.11 Å². The molecule has 0 aromatic heterocycles. The number of carbonyl (C=O) groups is 1. The predicted octanol–water partition coefficient (Wildman–Crippen LogP) is 1.16. The normalized spacial score (nSPS) is 23.9. The van der Waals surface area contributed by atoms with Crippen LogP contribution in [0.4, 0.5) is 0 Å². The van der Waals surface area contributed by atoms with Gasteiger partial charge in [0.15, 0.2) is 5.78 Å². The molecule has 0 aromatic carbocycles. The maximum Gasteiger partial charge on any atom is 0.161 e. The van der Waals surface area contributed by atoms with Crippen molar-refractivity contribution in [1.82, 2.24) is 0 Å². The number of hydrogen-bond acceptors (Lipinski definition) is 3. The number of ketones is 1. The molecule has 1 atom stereocenters. The van der Waals surface area contributed by atoms with E-state index >= 15 is 0 Å². The van der Waals surface area contributed by atoms with Crippen molar-refractivity contribution >= 4 is 5.78 Å². The van der Waals surface area contributed by atoms with E-state index in [0.29, 0.717) is 6.42 Å². The molecule has 0 aromatic rings. The van der Waals surface area contributed by atoms with Crippen LogP contribution in [-0.2, 0) is 14.3 Å². The van der Waals surface area contributed by atoms with Crippen LogP contribution in [0.1, 0.15) is 25.7 Å². The Bertz CT molecular complexity index is 139. The summed E-state index contributed by atoms with van der Waals surface area (Å²) in [5.74, 6) is 0.143. The van der Waals surface area contributed by atoms with Gasteiger partial charge in [-0.15, -0.1) is 0 Å². The van der Waals surface area contributed by atoms with Gasteiger partial charge in [0.25, 0.3) is 0 Å². The van der Waals surface area contributed by atoms with Gasteiger partial charge in [0.1, 0.15) is 6.61 Å². The van der Waals surface area contributed by atoms with Gasteiger partial charge in [-0.3, -0.25) is 4.79 Å². The van der Waals surface area contributed by atoms with E-state index in [4.69, 9.17) is 9.47 Å². The first-order chi connectivity index (χ1) is 5.83. The fourth-order valence-corrected chi connectivity index (χ4v) is 1.44. The predicted molar refractivity (Wildman–Crippen MR) is 45.1 cm³/mol. The van der Waals surface area contributed by atoms with E-state index in [1.807, 2.05) is 0 Å². The molecule has 0 aliphatic carbocycles. The second kappa shape index (κ2) is 5.27. The number of hydrogen-bond donors (Lipinski definition) is 0. The lowest BCUT2D eigenvalue weighted by atomic mass is 10.0. The van der Waals surface area contributed by atoms with Crippen LogP contribution < -0.4 is 0 Å². The Balaban J connectivity index is 2.15. The number of Topliss-reactive ketones (excluding diaryl/α,β-unsaturated/α-hetero) is 1. The molecule has 0 saturated carbocycles. The van der Waals surface area contributed by atoms with Crippen molar-refractivity contribution in [2.45, 2.75) is 31.8 Å². The third-order valence-electron chi connectivity index (χ3n) is 2.03. The van der Waals surface area contributed by atoms with Crippen molar-refractivity contribution < 1.29 is 14.3 Å². The average molecular weight is 172 g/mol. The highest BCUT2D eigenvalue weighted by Crippen LogP contribution is 2.15. The van der Waals surface area contributed by atoms with Crippen LogP contribution in [-0.4, -0.2) is 32.2 Å². The zero-order valence-electron chi connectivity index (χ0n) is 7.54. The van der Waals surface area contributed by atoms with E-state index in [2.05, 4.69) is 0 Å². The lowest BCUT2D eigenvalue weighted by molar-refractivity contribution is -0.126. The van der Waals surface area contributed by atoms with Crippen LogP contribution in [0.2, 0.25) is 0 Å². The largest absolute Gasteiger partial charge is 0.378 e. The SMILES string of the molecule is COCC(=O)CC1CCCCO1. The molecule has 1 rings (SSSR count). The molecule has 1 saturated heterocycles. The van der Waals surface area contributed by atoms with Crippen LogP contribution in [0.25, 0.3) is 0 Å². The standard InChI is InChI=1S/C9H16O3/c1-11-7-8(10)6-9-4-2-3-5-12-9/h9H,2-7H2,1H3. The molecule has 0 spiro atoms. The third-order valence-corrected chi connectivity index (χ3v) is 2.03. The summed E-state index contributed by atoms with van der Waals surface area (Å²) in [5.41, 5.74) is 0. The maximum absolute atomic E-state index is 11.1. The minimum atomic E-state index is 0.143. The lowest BCUT2D eigenvalue weighted by Gasteiger charge is -2.21. The zero-order valence-corrected chi connectivity index (χ0v) is 7.54. The van der Waals surface area contributed by atoms with Crippen LogP contribution in [0.3, 0.4) is 0 Å². The van der Waals surface area contributed by atoms with Gasteiger partial charge in [-0.2, -0.15) is 0 Å². The Morgan fingerprint density at radius 2 is 2.42 bits per heavy atom. The smallest absolute Gasteiger partial charge is 0.161 e. The van der Waals surface area contributed by atoms with Crippen LogP contribution in [0, 0.1) is 0 Å². The molecule has 3 nitrogen and oxygen atoms in total. The summed E-state index contributed by atoms with van der Waals surface area (Å²) in [6.45, 7) is 1.03. The Hall–Kier alpha value is -0.410. The molecule has 1 unspecified atom stereocenters. The molecular formula is C9H16O3. The summed E-state index contributed by atoms with van der Waals surface area (Å²) in [6.07, 6.45) is 4.02. The summed E-state index contributed by atoms with van der Waals surface area (Å²) in [6, 6.07) is 0. The molecule has 3 heteroatoms. The zero-order chi connectivity index (χ0) is 8.81. The van der Waals surface area contributed by atoms with E-state index in [0.717, 1.165) is 19.4 Å². The van der Waals surface area contributed by atoms with Crippen molar-refractivity contribution in [3.8, 4) is 0 Å². The molecular weight excluding hydrogens is 156 g/mol. The summed E-state index contributed by atoms with van der Waals surface area (Å²) < 4.78 is 10.2. The molecule has 0 radical (unpaired) electrons. The third kappa shape index (κ3) is 3.32. The first-order valence-electron chi connectivity index (χ1n) is 4.45. The van der Waals surface area contributed by atoms with Gasteiger partial charge in [-0.05, 0) is 19.3 Å². The number of ether oxygens (including phenoxy) is 2. The number of methoxy groups -OCH3 is 1. The molecule has 1 heterocycles. The molecule has 70 valence electrons. The molecule has 1 aliphatic rings. The van der Waals surface area contributed by atoms with Gasteiger partial charge in [0.05, 0.1) is 6.10 Å². The topological polar surface area (TPSA) is 35.5 Å². The van der Waals surface area contributed by atoms with Crippen molar-refractivity contribution in [2.75, 3.05) is 20.3 Å². The quantitative estimate of drug-likeness (QED) is 0.638. The molecule has 0 N–H and O–H groups in total. The maximum atomic E-state index is 11.1. The number of carbonyl (C=O) groups excluding carboxylic acids is 1. The summed E-state index contributed by atoms with van der Waals surface area (Å²) in [4.78, 5) is 11.1. The Morgan fingerprint density at radius 1 is 1.58 bits per heavy atom. The molecule has 1 fully saturated rings. The molecule has 0 amide bonds. The fraction of sp³-hybridized carbons (Fsp3) is 0.889. The summed E-state index contributed by atoms with van der Waals surface area (Å²) in [5, 5.41) is 0. The lowest BCUT2D eigenvalue weighted by Crippen LogP contribution is -2.23. The molecule has 12 heavy (non-hydrogen) atoms. The Labute approximate surface area is 73.0 Å². The van der Waals surface area contributed by atoms with Gasteiger partial charge < -0.3 is 9.47 Å². The van der Waals surface area contributed by atoms with Crippen molar-refractivity contribution in [3.63, 3.8) is 0 Å². The summed E-state index contributed by atoms with van der Waals surface area (Å²) in [7, 11) is 1.54. The molecule has 1 aliphatic heterocycles. The first kappa shape index (κ1) is 9.68. The first-order valence-corrected chi connectivity index (χ1v) is 4.45. The minimum absolute atomic E-state index is 0.143. The van der Waals surface area contributed by atoms with Crippen molar-refractivity contribution in [3.05, 3.63) is 0 Å². The average Bonchev–Trinajstić information content (AvgIpc) is 2.06. The highest BCUT2D eigenvalue weighted by Gasteiger charge is 2.16. The van der Waals surface area contributed by atoms with Crippen molar-refractivity contribution in [2.24, 2.45) is 0 Å². The van der Waals surface area contributed by atoms with Crippen LogP contribution in [0.5, 0.6) is 0 Å². The van der Waals surface area contributed by atoms with E-state index < -0.39 is 0 Å². The van der Waals surface area contributed by atoms with Crippen LogP contribution >= 0.6 is 0 Å². The van der Waals surface area contributed by atoms with E-state index in [1.165, 1.54) is 6.42 Å². The van der Waals surface area contributed by atoms with Gasteiger partial charge in [-0.25, -0.2) is 0 Å². The second-order valence-electron chi connectivity index (χ2n) is 3.16. The van der Waals surface area contributed by atoms with Crippen LogP contribution in [0.15, 0.2) is 0 Å². The Morgan fingerprint density at radius 3 is 3.00 bits per heavy atom. The second-order valence-corrected chi connectivity index (χ2v) is 3.16. The summed E-state index contributed by atoms with van der Waals surface area (Å²) >= 11 is 0. The monoisotopic (exact) mass is 172 g/mol. The van der Waals surface area contributed by atoms with Gasteiger partial charge in [0.2, 0.25) is 0 Å². The highest BCUT2D eigenvalue weighted by molar-refractivity contribution is 5.80. The van der Waals surface area contributed by atoms with Crippen molar-refractivity contribution in [1.29, 1.82) is 0 Å².